The first kappa shape index (κ1) is 20.4. The first-order valence-corrected chi connectivity index (χ1v) is 9.56. The molecule has 1 unspecified atom stereocenters. The molecule has 3 N–H and O–H groups in total. The van der Waals surface area contributed by atoms with Crippen molar-refractivity contribution in [2.75, 3.05) is 13.2 Å². The third kappa shape index (κ3) is 4.55. The predicted molar refractivity (Wildman–Crippen MR) is 107 cm³/mol. The second-order valence-corrected chi connectivity index (χ2v) is 7.01. The van der Waals surface area contributed by atoms with Gasteiger partial charge in [0.2, 0.25) is 0 Å². The van der Waals surface area contributed by atoms with E-state index in [-0.39, 0.29) is 5.92 Å². The maximum atomic E-state index is 12.8. The molecule has 3 rings (SSSR count). The average Bonchev–Trinajstić information content (AvgIpc) is 3.10. The molecule has 0 bridgehead atoms. The van der Waals surface area contributed by atoms with Crippen molar-refractivity contribution in [3.63, 3.8) is 0 Å². The highest BCUT2D eigenvalue weighted by molar-refractivity contribution is 6.43. The van der Waals surface area contributed by atoms with Gasteiger partial charge in [0.25, 0.3) is 5.91 Å². The summed E-state index contributed by atoms with van der Waals surface area (Å²) in [5, 5.41) is 22.5. The van der Waals surface area contributed by atoms with E-state index in [0.29, 0.717) is 19.6 Å². The number of amides is 1. The fraction of sp³-hybridized carbons (Fsp3) is 0.381. The topological polar surface area (TPSA) is 88.0 Å². The summed E-state index contributed by atoms with van der Waals surface area (Å²) in [6.07, 6.45) is -0.449. The Balaban J connectivity index is 1.73. The number of carbonyl (C=O) groups is 1. The van der Waals surface area contributed by atoms with Gasteiger partial charge in [-0.05, 0) is 31.4 Å². The summed E-state index contributed by atoms with van der Waals surface area (Å²) in [6, 6.07) is 15.1. The van der Waals surface area contributed by atoms with Gasteiger partial charge in [-0.15, -0.1) is 0 Å². The van der Waals surface area contributed by atoms with E-state index >= 15 is 0 Å². The minimum Gasteiger partial charge on any atom is -0.492 e. The lowest BCUT2D eigenvalue weighted by Gasteiger charge is -2.24. The Bertz CT molecular complexity index is 799. The van der Waals surface area contributed by atoms with Gasteiger partial charge in [0.1, 0.15) is 5.75 Å². The SMILES string of the molecule is CCO[C@@H](C(=O)N[C@@H](CC1COc2c(C)cccc21)B(O)O)c1ccccc1. The van der Waals surface area contributed by atoms with Gasteiger partial charge in [0.05, 0.1) is 12.5 Å². The van der Waals surface area contributed by atoms with Gasteiger partial charge >= 0.3 is 7.12 Å². The Labute approximate surface area is 165 Å². The van der Waals surface area contributed by atoms with Crippen molar-refractivity contribution in [1.29, 1.82) is 0 Å². The summed E-state index contributed by atoms with van der Waals surface area (Å²) in [7, 11) is -1.68. The van der Waals surface area contributed by atoms with Crippen LogP contribution in [0, 0.1) is 6.92 Å². The summed E-state index contributed by atoms with van der Waals surface area (Å²) < 4.78 is 11.4. The first-order chi connectivity index (χ1) is 13.5. The number of hydrogen-bond acceptors (Lipinski definition) is 5. The minimum absolute atomic E-state index is 0.0238. The zero-order chi connectivity index (χ0) is 20.1. The molecule has 28 heavy (non-hydrogen) atoms. The number of nitrogens with one attached hydrogen (secondary N) is 1. The number of benzene rings is 2. The molecule has 0 fully saturated rings. The van der Waals surface area contributed by atoms with Gasteiger partial charge in [0, 0.05) is 18.1 Å². The Morgan fingerprint density at radius 3 is 2.68 bits per heavy atom. The molecule has 1 aliphatic heterocycles. The Morgan fingerprint density at radius 1 is 1.25 bits per heavy atom. The molecule has 6 nitrogen and oxygen atoms in total. The van der Waals surface area contributed by atoms with E-state index in [4.69, 9.17) is 9.47 Å². The molecule has 148 valence electrons. The number of aryl methyl sites for hydroxylation is 1. The van der Waals surface area contributed by atoms with Crippen LogP contribution in [0.1, 0.15) is 42.1 Å². The fourth-order valence-electron chi connectivity index (χ4n) is 3.60. The largest absolute Gasteiger partial charge is 0.492 e. The summed E-state index contributed by atoms with van der Waals surface area (Å²) >= 11 is 0. The summed E-state index contributed by atoms with van der Waals surface area (Å²) in [5.41, 5.74) is 2.80. The van der Waals surface area contributed by atoms with Crippen LogP contribution in [0.5, 0.6) is 5.75 Å². The first-order valence-electron chi connectivity index (χ1n) is 9.56. The van der Waals surface area contributed by atoms with Crippen molar-refractivity contribution in [1.82, 2.24) is 5.32 Å². The van der Waals surface area contributed by atoms with Crippen LogP contribution in [0.3, 0.4) is 0 Å². The number of rotatable bonds is 8. The molecule has 1 heterocycles. The summed E-state index contributed by atoms with van der Waals surface area (Å²) in [4.78, 5) is 12.8. The van der Waals surface area contributed by atoms with Crippen molar-refractivity contribution < 1.29 is 24.3 Å². The summed E-state index contributed by atoms with van der Waals surface area (Å²) in [5.74, 6) is -0.403. The highest BCUT2D eigenvalue weighted by atomic mass is 16.5. The lowest BCUT2D eigenvalue weighted by atomic mass is 9.73. The number of carbonyl (C=O) groups excluding carboxylic acids is 1. The molecule has 0 aromatic heterocycles. The van der Waals surface area contributed by atoms with Crippen molar-refractivity contribution in [2.24, 2.45) is 0 Å². The maximum Gasteiger partial charge on any atom is 0.475 e. The smallest absolute Gasteiger partial charge is 0.475 e. The molecule has 0 saturated carbocycles. The molecule has 0 saturated heterocycles. The zero-order valence-electron chi connectivity index (χ0n) is 16.2. The number of para-hydroxylation sites is 1. The molecule has 0 aliphatic carbocycles. The molecule has 1 aliphatic rings. The third-order valence-corrected chi connectivity index (χ3v) is 5.01. The van der Waals surface area contributed by atoms with Gasteiger partial charge in [-0.25, -0.2) is 0 Å². The van der Waals surface area contributed by atoms with Crippen molar-refractivity contribution in [3.8, 4) is 5.75 Å². The molecule has 2 aromatic carbocycles. The van der Waals surface area contributed by atoms with E-state index < -0.39 is 25.1 Å². The standard InChI is InChI=1S/C21H26BNO5/c1-3-27-20(15-9-5-4-6-10-15)21(24)23-18(22(25)26)12-16-13-28-19-14(2)8-7-11-17(16)19/h4-11,16,18,20,25-26H,3,12-13H2,1-2H3,(H,23,24)/t16?,18-,20+/m0/s1. The second kappa shape index (κ2) is 9.23. The third-order valence-electron chi connectivity index (χ3n) is 5.01. The quantitative estimate of drug-likeness (QED) is 0.608. The van der Waals surface area contributed by atoms with Crippen molar-refractivity contribution >= 4 is 13.0 Å². The molecule has 2 aromatic rings. The van der Waals surface area contributed by atoms with Crippen LogP contribution in [0.25, 0.3) is 0 Å². The second-order valence-electron chi connectivity index (χ2n) is 7.01. The van der Waals surface area contributed by atoms with Crippen LogP contribution in [0.15, 0.2) is 48.5 Å². The average molecular weight is 383 g/mol. The van der Waals surface area contributed by atoms with Crippen LogP contribution in [-0.4, -0.2) is 42.2 Å². The molecule has 7 heteroatoms. The highest BCUT2D eigenvalue weighted by Crippen LogP contribution is 2.38. The maximum absolute atomic E-state index is 12.8. The number of ether oxygens (including phenoxy) is 2. The van der Waals surface area contributed by atoms with E-state index in [1.54, 1.807) is 0 Å². The normalized spacial score (nSPS) is 17.4. The Morgan fingerprint density at radius 2 is 2.00 bits per heavy atom. The number of fused-ring (bicyclic) bond motifs is 1. The molecule has 3 atom stereocenters. The van der Waals surface area contributed by atoms with E-state index in [1.165, 1.54) is 0 Å². The monoisotopic (exact) mass is 383 g/mol. The van der Waals surface area contributed by atoms with Crippen molar-refractivity contribution in [3.05, 3.63) is 65.2 Å². The molecule has 1 amide bonds. The fourth-order valence-corrected chi connectivity index (χ4v) is 3.60. The predicted octanol–water partition coefficient (Wildman–Crippen LogP) is 2.14. The lowest BCUT2D eigenvalue weighted by Crippen LogP contribution is -2.49. The Kier molecular flexibility index (Phi) is 6.72. The molecule has 0 spiro atoms. The van der Waals surface area contributed by atoms with Crippen molar-refractivity contribution in [2.45, 2.75) is 38.2 Å². The molecular weight excluding hydrogens is 357 g/mol. The Hall–Kier alpha value is -2.35. The minimum atomic E-state index is -1.68. The van der Waals surface area contributed by atoms with Crippen LogP contribution in [-0.2, 0) is 9.53 Å². The van der Waals surface area contributed by atoms with E-state index in [0.717, 1.165) is 22.4 Å². The van der Waals surface area contributed by atoms with Crippen LogP contribution in [0.2, 0.25) is 0 Å². The van der Waals surface area contributed by atoms with Crippen LogP contribution < -0.4 is 10.1 Å². The highest BCUT2D eigenvalue weighted by Gasteiger charge is 2.35. The van der Waals surface area contributed by atoms with Gasteiger partial charge in [-0.3, -0.25) is 4.79 Å². The van der Waals surface area contributed by atoms with Gasteiger partial charge in [-0.2, -0.15) is 0 Å². The van der Waals surface area contributed by atoms with E-state index in [1.807, 2.05) is 62.4 Å². The van der Waals surface area contributed by atoms with E-state index in [9.17, 15) is 14.8 Å². The van der Waals surface area contributed by atoms with Crippen LogP contribution >= 0.6 is 0 Å². The van der Waals surface area contributed by atoms with Gasteiger partial charge < -0.3 is 24.8 Å². The van der Waals surface area contributed by atoms with Gasteiger partial charge in [-0.1, -0.05) is 48.5 Å². The summed E-state index contributed by atoms with van der Waals surface area (Å²) in [6.45, 7) is 4.61. The molecule has 0 radical (unpaired) electrons. The zero-order valence-corrected chi connectivity index (χ0v) is 16.2. The lowest BCUT2D eigenvalue weighted by molar-refractivity contribution is -0.133. The van der Waals surface area contributed by atoms with E-state index in [2.05, 4.69) is 5.32 Å². The van der Waals surface area contributed by atoms with Crippen LogP contribution in [0.4, 0.5) is 0 Å². The van der Waals surface area contributed by atoms with Gasteiger partial charge in [0.15, 0.2) is 6.10 Å². The number of hydrogen-bond donors (Lipinski definition) is 3. The molecular formula is C21H26BNO5.